The first-order chi connectivity index (χ1) is 24.0. The molecular weight excluding hydrogens is 593 g/mol. The number of hydrogen-bond donors (Lipinski definition) is 0. The molecule has 8 aromatic rings. The fourth-order valence-electron chi connectivity index (χ4n) is 7.56. The molecule has 0 amide bonds. The summed E-state index contributed by atoms with van der Waals surface area (Å²) < 4.78 is 0. The van der Waals surface area contributed by atoms with Crippen molar-refractivity contribution in [3.63, 3.8) is 0 Å². The molecule has 9 rings (SSSR count). The number of aromatic nitrogens is 2. The second-order valence-electron chi connectivity index (χ2n) is 13.4. The number of rotatable bonds is 5. The second kappa shape index (κ2) is 11.5. The lowest BCUT2D eigenvalue weighted by molar-refractivity contribution is 0.661. The van der Waals surface area contributed by atoms with Gasteiger partial charge in [0, 0.05) is 22.1 Å². The summed E-state index contributed by atoms with van der Waals surface area (Å²) in [5, 5.41) is 2.57. The molecule has 1 heterocycles. The lowest BCUT2D eigenvalue weighted by Crippen LogP contribution is -2.14. The lowest BCUT2D eigenvalue weighted by atomic mass is 9.81. The topological polar surface area (TPSA) is 25.8 Å². The van der Waals surface area contributed by atoms with E-state index in [1.807, 2.05) is 18.2 Å². The van der Waals surface area contributed by atoms with E-state index in [4.69, 9.17) is 9.97 Å². The number of hydrogen-bond acceptors (Lipinski definition) is 2. The van der Waals surface area contributed by atoms with E-state index in [0.717, 1.165) is 39.2 Å². The Hall–Kier alpha value is -6.12. The third-order valence-corrected chi connectivity index (χ3v) is 10.1. The monoisotopic (exact) mass is 626 g/mol. The minimum Gasteiger partial charge on any atom is -0.228 e. The van der Waals surface area contributed by atoms with Crippen LogP contribution in [-0.4, -0.2) is 9.97 Å². The molecule has 232 valence electrons. The molecule has 1 aliphatic carbocycles. The average molecular weight is 627 g/mol. The first-order valence-electron chi connectivity index (χ1n) is 16.9. The summed E-state index contributed by atoms with van der Waals surface area (Å²) in [6.45, 7) is 4.71. The highest BCUT2D eigenvalue weighted by atomic mass is 14.9. The molecule has 0 atom stereocenters. The van der Waals surface area contributed by atoms with Crippen LogP contribution in [0.3, 0.4) is 0 Å². The van der Waals surface area contributed by atoms with Gasteiger partial charge in [-0.3, -0.25) is 0 Å². The van der Waals surface area contributed by atoms with Gasteiger partial charge in [0.1, 0.15) is 0 Å². The summed E-state index contributed by atoms with van der Waals surface area (Å²) in [6, 6.07) is 60.6. The maximum absolute atomic E-state index is 5.14. The predicted octanol–water partition coefficient (Wildman–Crippen LogP) is 12.3. The van der Waals surface area contributed by atoms with Gasteiger partial charge >= 0.3 is 0 Å². The molecule has 0 aliphatic heterocycles. The van der Waals surface area contributed by atoms with Crippen LogP contribution in [0.1, 0.15) is 25.0 Å². The highest BCUT2D eigenvalue weighted by Crippen LogP contribution is 2.53. The minimum atomic E-state index is -0.0775. The molecular formula is C47H34N2. The summed E-state index contributed by atoms with van der Waals surface area (Å²) >= 11 is 0. The zero-order chi connectivity index (χ0) is 33.0. The van der Waals surface area contributed by atoms with Crippen LogP contribution in [0.5, 0.6) is 0 Å². The van der Waals surface area contributed by atoms with E-state index >= 15 is 0 Å². The Bertz CT molecular complexity index is 2490. The molecule has 0 N–H and O–H groups in total. The van der Waals surface area contributed by atoms with Crippen molar-refractivity contribution in [2.75, 3.05) is 0 Å². The van der Waals surface area contributed by atoms with E-state index in [2.05, 4.69) is 166 Å². The first-order valence-corrected chi connectivity index (χ1v) is 16.9. The Kier molecular flexibility index (Phi) is 6.84. The van der Waals surface area contributed by atoms with Gasteiger partial charge in [-0.15, -0.1) is 0 Å². The molecule has 0 unspecified atom stereocenters. The van der Waals surface area contributed by atoms with Crippen molar-refractivity contribution < 1.29 is 0 Å². The average Bonchev–Trinajstić information content (AvgIpc) is 3.39. The number of nitrogens with zero attached hydrogens (tertiary/aromatic N) is 2. The normalized spacial score (nSPS) is 12.9. The predicted molar refractivity (Wildman–Crippen MR) is 204 cm³/mol. The van der Waals surface area contributed by atoms with Crippen molar-refractivity contribution in [1.82, 2.24) is 9.97 Å². The largest absolute Gasteiger partial charge is 0.228 e. The Morgan fingerprint density at radius 3 is 1.65 bits per heavy atom. The van der Waals surface area contributed by atoms with Gasteiger partial charge in [-0.2, -0.15) is 0 Å². The Balaban J connectivity index is 1.17. The molecule has 0 spiro atoms. The molecule has 0 saturated carbocycles. The maximum Gasteiger partial charge on any atom is 0.160 e. The van der Waals surface area contributed by atoms with Crippen molar-refractivity contribution in [2.45, 2.75) is 19.3 Å². The van der Waals surface area contributed by atoms with E-state index in [-0.39, 0.29) is 5.41 Å². The van der Waals surface area contributed by atoms with Crippen LogP contribution >= 0.6 is 0 Å². The third-order valence-electron chi connectivity index (χ3n) is 10.1. The molecule has 1 aromatic heterocycles. The van der Waals surface area contributed by atoms with Gasteiger partial charge in [-0.05, 0) is 73.5 Å². The molecule has 0 fully saturated rings. The van der Waals surface area contributed by atoms with Crippen LogP contribution in [0, 0.1) is 0 Å². The SMILES string of the molecule is CC1(C)c2cc3ccccc3cc2-c2c(-c3ccc(-c4cc(-c5ccccc5-c5ccccc5)nc(-c5ccccc5)n4)cc3)cccc21. The van der Waals surface area contributed by atoms with Crippen molar-refractivity contribution in [3.8, 4) is 67.3 Å². The zero-order valence-electron chi connectivity index (χ0n) is 27.6. The van der Waals surface area contributed by atoms with Crippen LogP contribution in [0.4, 0.5) is 0 Å². The van der Waals surface area contributed by atoms with Gasteiger partial charge in [0.2, 0.25) is 0 Å². The smallest absolute Gasteiger partial charge is 0.160 e. The van der Waals surface area contributed by atoms with E-state index in [0.29, 0.717) is 5.82 Å². The van der Waals surface area contributed by atoms with Crippen molar-refractivity contribution >= 4 is 10.8 Å². The van der Waals surface area contributed by atoms with Crippen LogP contribution in [0.2, 0.25) is 0 Å². The number of benzene rings is 7. The van der Waals surface area contributed by atoms with E-state index in [9.17, 15) is 0 Å². The van der Waals surface area contributed by atoms with Gasteiger partial charge < -0.3 is 0 Å². The van der Waals surface area contributed by atoms with Gasteiger partial charge in [-0.1, -0.05) is 166 Å². The Morgan fingerprint density at radius 1 is 0.367 bits per heavy atom. The molecule has 2 heteroatoms. The fraction of sp³-hybridized carbons (Fsp3) is 0.0638. The highest BCUT2D eigenvalue weighted by molar-refractivity contribution is 5.98. The molecule has 2 nitrogen and oxygen atoms in total. The summed E-state index contributed by atoms with van der Waals surface area (Å²) in [5.41, 5.74) is 15.1. The molecule has 49 heavy (non-hydrogen) atoms. The van der Waals surface area contributed by atoms with E-state index < -0.39 is 0 Å². The van der Waals surface area contributed by atoms with Gasteiger partial charge in [0.05, 0.1) is 11.4 Å². The van der Waals surface area contributed by atoms with Crippen LogP contribution in [0.25, 0.3) is 78.1 Å². The fourth-order valence-corrected chi connectivity index (χ4v) is 7.56. The summed E-state index contributed by atoms with van der Waals surface area (Å²) in [7, 11) is 0. The second-order valence-corrected chi connectivity index (χ2v) is 13.4. The van der Waals surface area contributed by atoms with Crippen molar-refractivity contribution in [1.29, 1.82) is 0 Å². The summed E-state index contributed by atoms with van der Waals surface area (Å²) in [4.78, 5) is 10.3. The minimum absolute atomic E-state index is 0.0775. The third kappa shape index (κ3) is 4.96. The Labute approximate surface area is 287 Å². The molecule has 0 bridgehead atoms. The maximum atomic E-state index is 5.14. The Morgan fingerprint density at radius 2 is 0.918 bits per heavy atom. The van der Waals surface area contributed by atoms with Gasteiger partial charge in [0.25, 0.3) is 0 Å². The quantitative estimate of drug-likeness (QED) is 0.190. The lowest BCUT2D eigenvalue weighted by Gasteiger charge is -2.22. The van der Waals surface area contributed by atoms with Crippen molar-refractivity contribution in [2.24, 2.45) is 0 Å². The van der Waals surface area contributed by atoms with E-state index in [1.54, 1.807) is 0 Å². The summed E-state index contributed by atoms with van der Waals surface area (Å²) in [6.07, 6.45) is 0. The molecule has 7 aromatic carbocycles. The molecule has 0 radical (unpaired) electrons. The summed E-state index contributed by atoms with van der Waals surface area (Å²) in [5.74, 6) is 0.715. The van der Waals surface area contributed by atoms with Gasteiger partial charge in [0.15, 0.2) is 5.82 Å². The number of fused-ring (bicyclic) bond motifs is 4. The zero-order valence-corrected chi connectivity index (χ0v) is 27.6. The highest BCUT2D eigenvalue weighted by Gasteiger charge is 2.37. The van der Waals surface area contributed by atoms with Gasteiger partial charge in [-0.25, -0.2) is 9.97 Å². The van der Waals surface area contributed by atoms with E-state index in [1.165, 1.54) is 44.2 Å². The van der Waals surface area contributed by atoms with Crippen molar-refractivity contribution in [3.05, 3.63) is 181 Å². The standard InChI is InChI=1S/C47H34N2/c1-47(2)41-23-13-22-38(45(41)40-28-35-18-9-10-19-36(35)29-42(40)47)32-24-26-33(27-25-32)43-30-44(49-46(48-43)34-16-7-4-8-17-34)39-21-12-11-20-37(39)31-14-5-3-6-15-31/h3-30H,1-2H3. The molecule has 0 saturated heterocycles. The molecule has 1 aliphatic rings. The van der Waals surface area contributed by atoms with Crippen LogP contribution in [-0.2, 0) is 5.41 Å². The van der Waals surface area contributed by atoms with Crippen LogP contribution < -0.4 is 0 Å². The first kappa shape index (κ1) is 29.1. The van der Waals surface area contributed by atoms with Crippen LogP contribution in [0.15, 0.2) is 170 Å².